The first-order valence-electron chi connectivity index (χ1n) is 7.49. The van der Waals surface area contributed by atoms with E-state index in [4.69, 9.17) is 0 Å². The summed E-state index contributed by atoms with van der Waals surface area (Å²) in [7, 11) is -1.93. The fourth-order valence-corrected chi connectivity index (χ4v) is 5.50. The van der Waals surface area contributed by atoms with E-state index in [1.807, 2.05) is 38.1 Å². The van der Waals surface area contributed by atoms with Crippen LogP contribution in [-0.2, 0) is 10.9 Å². The molecule has 0 aromatic heterocycles. The maximum Gasteiger partial charge on any atom is 0.586 e. The van der Waals surface area contributed by atoms with Crippen LogP contribution in [0.4, 0.5) is 13.2 Å². The Bertz CT molecular complexity index is 641. The Morgan fingerprint density at radius 3 is 1.09 bits per heavy atom. The summed E-state index contributed by atoms with van der Waals surface area (Å²) in [5, 5.41) is 0. The Morgan fingerprint density at radius 2 is 0.870 bits per heavy atom. The summed E-state index contributed by atoms with van der Waals surface area (Å²) in [6.07, 6.45) is 0. The molecule has 0 aliphatic heterocycles. The molecule has 0 saturated heterocycles. The maximum absolute atomic E-state index is 14.0. The molecule has 0 aliphatic rings. The predicted octanol–water partition coefficient (Wildman–Crippen LogP) is 6.09. The van der Waals surface area contributed by atoms with E-state index in [-0.39, 0.29) is 0 Å². The highest BCUT2D eigenvalue weighted by atomic mass is 32.2. The van der Waals surface area contributed by atoms with Gasteiger partial charge < -0.3 is 0 Å². The van der Waals surface area contributed by atoms with Crippen molar-refractivity contribution in [3.8, 4) is 0 Å². The second-order valence-corrected chi connectivity index (χ2v) is 8.10. The molecule has 2 aromatic carbocycles. The fraction of sp³-hybridized carbons (Fsp3) is 0.368. The van der Waals surface area contributed by atoms with E-state index in [1.54, 1.807) is 27.7 Å². The Labute approximate surface area is 139 Å². The minimum absolute atomic E-state index is 0.415. The quantitative estimate of drug-likeness (QED) is 0.581. The van der Waals surface area contributed by atoms with Crippen LogP contribution in [0.1, 0.15) is 33.4 Å². The number of halogens is 3. The minimum atomic E-state index is -4.30. The van der Waals surface area contributed by atoms with Crippen LogP contribution in [0.5, 0.6) is 0 Å². The Balaban J connectivity index is 2.81. The van der Waals surface area contributed by atoms with Crippen LogP contribution in [0.3, 0.4) is 0 Å². The monoisotopic (exact) mass is 339 g/mol. The summed E-state index contributed by atoms with van der Waals surface area (Å²) in [6.45, 7) is 10.9. The van der Waals surface area contributed by atoms with E-state index in [2.05, 4.69) is 0 Å². The molecule has 4 heteroatoms. The van der Waals surface area contributed by atoms with Crippen molar-refractivity contribution in [1.29, 1.82) is 0 Å². The summed E-state index contributed by atoms with van der Waals surface area (Å²) in [5.74, 6) is 0. The van der Waals surface area contributed by atoms with Crippen LogP contribution in [0.25, 0.3) is 0 Å². The van der Waals surface area contributed by atoms with Gasteiger partial charge in [-0.1, -0.05) is 35.4 Å². The third-order valence-electron chi connectivity index (χ3n) is 3.85. The molecule has 0 N–H and O–H groups in total. The lowest BCUT2D eigenvalue weighted by molar-refractivity contribution is -0.0372. The zero-order valence-corrected chi connectivity index (χ0v) is 15.2. The number of hydrogen-bond donors (Lipinski definition) is 0. The van der Waals surface area contributed by atoms with Crippen LogP contribution < -0.4 is 0 Å². The lowest BCUT2D eigenvalue weighted by Crippen LogP contribution is -2.27. The van der Waals surface area contributed by atoms with Crippen molar-refractivity contribution < 1.29 is 13.2 Å². The van der Waals surface area contributed by atoms with Crippen LogP contribution in [-0.4, -0.2) is 5.51 Å². The van der Waals surface area contributed by atoms with Gasteiger partial charge in [0.2, 0.25) is 0 Å². The van der Waals surface area contributed by atoms with Gasteiger partial charge in [-0.2, -0.15) is 0 Å². The number of aryl methyl sites for hydroxylation is 6. The zero-order valence-electron chi connectivity index (χ0n) is 14.4. The summed E-state index contributed by atoms with van der Waals surface area (Å²) >= 11 is 0. The van der Waals surface area contributed by atoms with Crippen molar-refractivity contribution in [3.63, 3.8) is 0 Å². The Hall–Kier alpha value is -1.42. The molecule has 2 rings (SSSR count). The maximum atomic E-state index is 14.0. The molecule has 0 nitrogen and oxygen atoms in total. The molecule has 0 unspecified atom stereocenters. The van der Waals surface area contributed by atoms with Gasteiger partial charge in [-0.15, -0.1) is 13.2 Å². The summed E-state index contributed by atoms with van der Waals surface area (Å²) in [6, 6.07) is 7.36. The highest BCUT2D eigenvalue weighted by Gasteiger charge is 2.57. The van der Waals surface area contributed by atoms with Crippen molar-refractivity contribution in [2.45, 2.75) is 56.8 Å². The lowest BCUT2D eigenvalue weighted by Gasteiger charge is -2.18. The van der Waals surface area contributed by atoms with Gasteiger partial charge in [-0.25, -0.2) is 0 Å². The van der Waals surface area contributed by atoms with E-state index in [0.717, 1.165) is 11.1 Å². The molecule has 124 valence electrons. The smallest absolute Gasteiger partial charge is 0.122 e. The van der Waals surface area contributed by atoms with E-state index >= 15 is 0 Å². The molecule has 0 aliphatic carbocycles. The van der Waals surface area contributed by atoms with Gasteiger partial charge in [0.25, 0.3) is 0 Å². The fourth-order valence-electron chi connectivity index (χ4n) is 3.31. The normalized spacial score (nSPS) is 12.1. The lowest BCUT2D eigenvalue weighted by atomic mass is 10.1. The van der Waals surface area contributed by atoms with Crippen molar-refractivity contribution >= 4 is 10.9 Å². The Kier molecular flexibility index (Phi) is 4.86. The summed E-state index contributed by atoms with van der Waals surface area (Å²) in [5.41, 5.74) is 0.532. The van der Waals surface area contributed by atoms with Gasteiger partial charge in [0.15, 0.2) is 20.7 Å². The topological polar surface area (TPSA) is 0 Å². The van der Waals surface area contributed by atoms with E-state index < -0.39 is 16.4 Å². The zero-order chi connectivity index (χ0) is 17.5. The molecular formula is C19H22F3S+. The molecule has 0 saturated carbocycles. The first-order valence-corrected chi connectivity index (χ1v) is 8.71. The van der Waals surface area contributed by atoms with E-state index in [9.17, 15) is 13.2 Å². The third kappa shape index (κ3) is 3.57. The summed E-state index contributed by atoms with van der Waals surface area (Å²) < 4.78 is 42.1. The van der Waals surface area contributed by atoms with Crippen molar-refractivity contribution in [2.24, 2.45) is 0 Å². The molecule has 0 amide bonds. The van der Waals surface area contributed by atoms with Gasteiger partial charge in [0.05, 0.1) is 0 Å². The third-order valence-corrected chi connectivity index (χ3v) is 6.42. The molecule has 0 spiro atoms. The van der Waals surface area contributed by atoms with Gasteiger partial charge in [0, 0.05) is 22.3 Å². The Morgan fingerprint density at radius 1 is 0.609 bits per heavy atom. The average molecular weight is 339 g/mol. The largest absolute Gasteiger partial charge is 0.586 e. The van der Waals surface area contributed by atoms with Crippen molar-refractivity contribution in [1.82, 2.24) is 0 Å². The molecule has 0 fully saturated rings. The molecule has 0 atom stereocenters. The van der Waals surface area contributed by atoms with Gasteiger partial charge in [-0.3, -0.25) is 0 Å². The standard InChI is InChI=1S/C19H22F3S/c1-11-7-13(3)17(14(4)8-11)23(19(20,21)22)18-15(5)9-12(2)10-16(18)6/h7-10H,1-6H3/q+1. The van der Waals surface area contributed by atoms with E-state index in [0.29, 0.717) is 32.0 Å². The average Bonchev–Trinajstić information content (AvgIpc) is 2.33. The molecule has 0 heterocycles. The first-order chi connectivity index (χ1) is 10.5. The second kappa shape index (κ2) is 6.23. The van der Waals surface area contributed by atoms with Gasteiger partial charge >= 0.3 is 5.51 Å². The highest BCUT2D eigenvalue weighted by Crippen LogP contribution is 2.44. The number of alkyl halides is 3. The van der Waals surface area contributed by atoms with E-state index in [1.165, 1.54) is 0 Å². The SMILES string of the molecule is Cc1cc(C)c([S+](c2c(C)cc(C)cc2C)C(F)(F)F)c(C)c1. The molecule has 0 radical (unpaired) electrons. The van der Waals surface area contributed by atoms with Gasteiger partial charge in [-0.05, 0) is 41.5 Å². The minimum Gasteiger partial charge on any atom is -0.122 e. The van der Waals surface area contributed by atoms with Crippen LogP contribution in [0.2, 0.25) is 0 Å². The molecular weight excluding hydrogens is 317 g/mol. The van der Waals surface area contributed by atoms with Crippen LogP contribution >= 0.6 is 0 Å². The molecule has 2 aromatic rings. The number of benzene rings is 2. The molecule has 0 bridgehead atoms. The van der Waals surface area contributed by atoms with Crippen molar-refractivity contribution in [3.05, 3.63) is 57.6 Å². The number of rotatable bonds is 2. The molecule has 23 heavy (non-hydrogen) atoms. The summed E-state index contributed by atoms with van der Waals surface area (Å²) in [4.78, 5) is 0.830. The van der Waals surface area contributed by atoms with Crippen LogP contribution in [0, 0.1) is 41.5 Å². The van der Waals surface area contributed by atoms with Crippen LogP contribution in [0.15, 0.2) is 34.1 Å². The predicted molar refractivity (Wildman–Crippen MR) is 91.3 cm³/mol. The van der Waals surface area contributed by atoms with Crippen molar-refractivity contribution in [2.75, 3.05) is 0 Å². The second-order valence-electron chi connectivity index (χ2n) is 6.21. The first kappa shape index (κ1) is 17.9. The number of hydrogen-bond acceptors (Lipinski definition) is 0. The van der Waals surface area contributed by atoms with Gasteiger partial charge in [0.1, 0.15) is 0 Å². The highest BCUT2D eigenvalue weighted by molar-refractivity contribution is 7.98.